The minimum Gasteiger partial charge on any atom is -0.348 e. The fraction of sp³-hybridized carbons (Fsp3) is 0.364. The summed E-state index contributed by atoms with van der Waals surface area (Å²) in [6.45, 7) is 1.88. The van der Waals surface area contributed by atoms with Gasteiger partial charge in [-0.1, -0.05) is 0 Å². The van der Waals surface area contributed by atoms with Crippen LogP contribution >= 0.6 is 22.6 Å². The first-order valence-corrected chi connectivity index (χ1v) is 6.11. The third-order valence-electron chi connectivity index (χ3n) is 2.50. The normalized spacial score (nSPS) is 20.2. The van der Waals surface area contributed by atoms with E-state index in [0.717, 1.165) is 28.6 Å². The third kappa shape index (κ3) is 2.92. The van der Waals surface area contributed by atoms with Crippen molar-refractivity contribution in [2.75, 3.05) is 13.1 Å². The number of rotatable bonds is 2. The third-order valence-corrected chi connectivity index (χ3v) is 3.22. The molecule has 1 unspecified atom stereocenters. The monoisotopic (exact) mass is 316 g/mol. The molecule has 0 saturated carbocycles. The number of hydrogen-bond donors (Lipinski definition) is 2. The van der Waals surface area contributed by atoms with Crippen LogP contribution in [0.3, 0.4) is 0 Å². The molecule has 0 bridgehead atoms. The molecule has 4 heteroatoms. The van der Waals surface area contributed by atoms with Gasteiger partial charge >= 0.3 is 0 Å². The lowest BCUT2D eigenvalue weighted by Crippen LogP contribution is -2.36. The van der Waals surface area contributed by atoms with Crippen LogP contribution in [0.5, 0.6) is 0 Å². The minimum absolute atomic E-state index is 0.0279. The summed E-state index contributed by atoms with van der Waals surface area (Å²) in [5.74, 6) is 0.0279. The van der Waals surface area contributed by atoms with E-state index in [1.165, 1.54) is 0 Å². The Balaban J connectivity index is 1.98. The predicted octanol–water partition coefficient (Wildman–Crippen LogP) is 1.38. The molecular weight excluding hydrogens is 303 g/mol. The molecule has 1 aromatic carbocycles. The standard InChI is InChI=1S/C11H13IN2O/c12-9-3-1-8(2-4-9)11(15)14-10-5-6-13-7-10/h1-4,10,13H,5-7H2,(H,14,15). The van der Waals surface area contributed by atoms with Crippen LogP contribution in [-0.4, -0.2) is 25.0 Å². The molecule has 2 N–H and O–H groups in total. The van der Waals surface area contributed by atoms with Crippen LogP contribution in [0, 0.1) is 3.57 Å². The van der Waals surface area contributed by atoms with Crippen molar-refractivity contribution in [2.24, 2.45) is 0 Å². The zero-order valence-corrected chi connectivity index (χ0v) is 10.5. The molecule has 0 aromatic heterocycles. The van der Waals surface area contributed by atoms with Crippen LogP contribution in [0.2, 0.25) is 0 Å². The zero-order chi connectivity index (χ0) is 10.7. The first-order chi connectivity index (χ1) is 7.25. The molecule has 3 nitrogen and oxygen atoms in total. The van der Waals surface area contributed by atoms with Crippen LogP contribution in [-0.2, 0) is 0 Å². The summed E-state index contributed by atoms with van der Waals surface area (Å²) in [5.41, 5.74) is 0.738. The van der Waals surface area contributed by atoms with Gasteiger partial charge in [-0.25, -0.2) is 0 Å². The number of carbonyl (C=O) groups excluding carboxylic acids is 1. The summed E-state index contributed by atoms with van der Waals surface area (Å²) in [4.78, 5) is 11.8. The number of nitrogens with one attached hydrogen (secondary N) is 2. The maximum Gasteiger partial charge on any atom is 0.251 e. The first-order valence-electron chi connectivity index (χ1n) is 5.03. The molecule has 1 aliphatic heterocycles. The predicted molar refractivity (Wildman–Crippen MR) is 67.9 cm³/mol. The Morgan fingerprint density at radius 2 is 2.13 bits per heavy atom. The average molecular weight is 316 g/mol. The quantitative estimate of drug-likeness (QED) is 0.810. The summed E-state index contributed by atoms with van der Waals surface area (Å²) in [6.07, 6.45) is 1.02. The Bertz CT molecular complexity index is 344. The molecule has 80 valence electrons. The summed E-state index contributed by atoms with van der Waals surface area (Å²) < 4.78 is 1.15. The van der Waals surface area contributed by atoms with E-state index in [1.807, 2.05) is 24.3 Å². The maximum absolute atomic E-state index is 11.8. The summed E-state index contributed by atoms with van der Waals surface area (Å²) in [5, 5.41) is 6.23. The molecule has 15 heavy (non-hydrogen) atoms. The van der Waals surface area contributed by atoms with Gasteiger partial charge in [-0.2, -0.15) is 0 Å². The van der Waals surface area contributed by atoms with E-state index in [-0.39, 0.29) is 11.9 Å². The molecule has 1 atom stereocenters. The molecular formula is C11H13IN2O. The largest absolute Gasteiger partial charge is 0.348 e. The van der Waals surface area contributed by atoms with Crippen molar-refractivity contribution >= 4 is 28.5 Å². The zero-order valence-electron chi connectivity index (χ0n) is 8.29. The number of carbonyl (C=O) groups is 1. The average Bonchev–Trinajstić information content (AvgIpc) is 2.71. The lowest BCUT2D eigenvalue weighted by molar-refractivity contribution is 0.0940. The van der Waals surface area contributed by atoms with Gasteiger partial charge in [-0.05, 0) is 59.8 Å². The Morgan fingerprint density at radius 1 is 1.40 bits per heavy atom. The van der Waals surface area contributed by atoms with Crippen molar-refractivity contribution in [3.63, 3.8) is 0 Å². The highest BCUT2D eigenvalue weighted by Crippen LogP contribution is 2.07. The van der Waals surface area contributed by atoms with Crippen molar-refractivity contribution in [1.82, 2.24) is 10.6 Å². The van der Waals surface area contributed by atoms with E-state index in [0.29, 0.717) is 0 Å². The molecule has 0 spiro atoms. The minimum atomic E-state index is 0.0279. The van der Waals surface area contributed by atoms with E-state index in [2.05, 4.69) is 33.2 Å². The molecule has 2 rings (SSSR count). The van der Waals surface area contributed by atoms with E-state index in [4.69, 9.17) is 0 Å². The fourth-order valence-corrected chi connectivity index (χ4v) is 2.01. The number of amides is 1. The van der Waals surface area contributed by atoms with Gasteiger partial charge in [0.2, 0.25) is 0 Å². The lowest BCUT2D eigenvalue weighted by atomic mass is 10.2. The maximum atomic E-state index is 11.8. The van der Waals surface area contributed by atoms with Gasteiger partial charge in [0.15, 0.2) is 0 Å². The molecule has 0 radical (unpaired) electrons. The molecule has 1 aliphatic rings. The van der Waals surface area contributed by atoms with Gasteiger partial charge in [0, 0.05) is 21.7 Å². The second-order valence-corrected chi connectivity index (χ2v) is 4.92. The van der Waals surface area contributed by atoms with E-state index in [9.17, 15) is 4.79 Å². The second kappa shape index (κ2) is 4.94. The summed E-state index contributed by atoms with van der Waals surface area (Å²) in [7, 11) is 0. The van der Waals surface area contributed by atoms with Crippen molar-refractivity contribution in [1.29, 1.82) is 0 Å². The molecule has 1 saturated heterocycles. The Morgan fingerprint density at radius 3 is 2.73 bits per heavy atom. The van der Waals surface area contributed by atoms with Crippen molar-refractivity contribution < 1.29 is 4.79 Å². The number of halogens is 1. The molecule has 1 amide bonds. The van der Waals surface area contributed by atoms with Gasteiger partial charge in [-0.3, -0.25) is 4.79 Å². The topological polar surface area (TPSA) is 41.1 Å². The van der Waals surface area contributed by atoms with Crippen LogP contribution < -0.4 is 10.6 Å². The first kappa shape index (κ1) is 10.9. The molecule has 1 fully saturated rings. The second-order valence-electron chi connectivity index (χ2n) is 3.67. The fourth-order valence-electron chi connectivity index (χ4n) is 1.65. The van der Waals surface area contributed by atoms with Crippen molar-refractivity contribution in [3.05, 3.63) is 33.4 Å². The van der Waals surface area contributed by atoms with E-state index < -0.39 is 0 Å². The van der Waals surface area contributed by atoms with Crippen molar-refractivity contribution in [3.8, 4) is 0 Å². The molecule has 1 heterocycles. The Labute approximate surface area is 103 Å². The SMILES string of the molecule is O=C(NC1CCNC1)c1ccc(I)cc1. The van der Waals surface area contributed by atoms with Crippen LogP contribution in [0.4, 0.5) is 0 Å². The highest BCUT2D eigenvalue weighted by Gasteiger charge is 2.17. The summed E-state index contributed by atoms with van der Waals surface area (Å²) in [6, 6.07) is 7.90. The van der Waals surface area contributed by atoms with Gasteiger partial charge in [-0.15, -0.1) is 0 Å². The van der Waals surface area contributed by atoms with Gasteiger partial charge in [0.25, 0.3) is 5.91 Å². The van der Waals surface area contributed by atoms with Gasteiger partial charge in [0.05, 0.1) is 0 Å². The van der Waals surface area contributed by atoms with Crippen LogP contribution in [0.15, 0.2) is 24.3 Å². The van der Waals surface area contributed by atoms with Gasteiger partial charge in [0.1, 0.15) is 0 Å². The van der Waals surface area contributed by atoms with Crippen LogP contribution in [0.1, 0.15) is 16.8 Å². The van der Waals surface area contributed by atoms with Crippen LogP contribution in [0.25, 0.3) is 0 Å². The molecule has 1 aromatic rings. The molecule has 0 aliphatic carbocycles. The number of benzene rings is 1. The number of hydrogen-bond acceptors (Lipinski definition) is 2. The van der Waals surface area contributed by atoms with E-state index in [1.54, 1.807) is 0 Å². The van der Waals surface area contributed by atoms with Gasteiger partial charge < -0.3 is 10.6 Å². The smallest absolute Gasteiger partial charge is 0.251 e. The Hall–Kier alpha value is -0.620. The summed E-state index contributed by atoms with van der Waals surface area (Å²) >= 11 is 2.23. The highest BCUT2D eigenvalue weighted by atomic mass is 127. The van der Waals surface area contributed by atoms with E-state index >= 15 is 0 Å². The Kier molecular flexibility index (Phi) is 3.58. The van der Waals surface area contributed by atoms with Crippen molar-refractivity contribution in [2.45, 2.75) is 12.5 Å². The lowest BCUT2D eigenvalue weighted by Gasteiger charge is -2.10. The highest BCUT2D eigenvalue weighted by molar-refractivity contribution is 14.1.